The highest BCUT2D eigenvalue weighted by atomic mass is 16.3. The standard InChI is InChI=1S/C13H16N4O2/c1-17-8-10(7-14)13(16-17)15-12(19)6-9-3-2-4-11(18)5-9/h2-5,8,18H,6-7,14H2,1H3,(H,15,16,19). The molecule has 0 aliphatic heterocycles. The molecule has 0 aliphatic carbocycles. The molecule has 0 bridgehead atoms. The van der Waals surface area contributed by atoms with Crippen molar-refractivity contribution < 1.29 is 9.90 Å². The molecule has 0 unspecified atom stereocenters. The van der Waals surface area contributed by atoms with E-state index in [9.17, 15) is 9.90 Å². The molecule has 1 amide bonds. The van der Waals surface area contributed by atoms with Gasteiger partial charge in [-0.05, 0) is 17.7 Å². The Bertz CT molecular complexity index is 592. The first-order chi connectivity index (χ1) is 9.08. The maximum absolute atomic E-state index is 11.9. The normalized spacial score (nSPS) is 10.4. The van der Waals surface area contributed by atoms with Crippen LogP contribution >= 0.6 is 0 Å². The van der Waals surface area contributed by atoms with E-state index in [1.165, 1.54) is 0 Å². The number of nitrogens with two attached hydrogens (primary N) is 1. The summed E-state index contributed by atoms with van der Waals surface area (Å²) < 4.78 is 1.60. The first-order valence-electron chi connectivity index (χ1n) is 5.89. The van der Waals surface area contributed by atoms with Crippen molar-refractivity contribution in [2.45, 2.75) is 13.0 Å². The summed E-state index contributed by atoms with van der Waals surface area (Å²) in [4.78, 5) is 11.9. The van der Waals surface area contributed by atoms with Crippen LogP contribution in [-0.2, 0) is 24.8 Å². The third kappa shape index (κ3) is 3.32. The summed E-state index contributed by atoms with van der Waals surface area (Å²) in [5.41, 5.74) is 7.10. The summed E-state index contributed by atoms with van der Waals surface area (Å²) in [5.74, 6) is 0.430. The Kier molecular flexibility index (Phi) is 3.82. The van der Waals surface area contributed by atoms with Crippen LogP contribution in [0.25, 0.3) is 0 Å². The minimum absolute atomic E-state index is 0.144. The summed E-state index contributed by atoms with van der Waals surface area (Å²) in [6.07, 6.45) is 1.94. The van der Waals surface area contributed by atoms with E-state index < -0.39 is 0 Å². The number of nitrogens with one attached hydrogen (secondary N) is 1. The third-order valence-electron chi connectivity index (χ3n) is 2.66. The molecule has 0 aliphatic rings. The summed E-state index contributed by atoms with van der Waals surface area (Å²) in [7, 11) is 1.77. The zero-order valence-electron chi connectivity index (χ0n) is 10.6. The Hall–Kier alpha value is -2.34. The van der Waals surface area contributed by atoms with E-state index in [1.54, 1.807) is 42.2 Å². The number of carbonyl (C=O) groups is 1. The number of anilines is 1. The molecule has 6 heteroatoms. The highest BCUT2D eigenvalue weighted by molar-refractivity contribution is 5.92. The number of benzene rings is 1. The minimum atomic E-state index is -0.195. The van der Waals surface area contributed by atoms with Crippen LogP contribution in [0, 0.1) is 0 Å². The molecule has 1 aromatic heterocycles. The number of phenols is 1. The minimum Gasteiger partial charge on any atom is -0.508 e. The molecule has 100 valence electrons. The molecule has 4 N–H and O–H groups in total. The van der Waals surface area contributed by atoms with Gasteiger partial charge < -0.3 is 16.2 Å². The van der Waals surface area contributed by atoms with Crippen LogP contribution in [0.1, 0.15) is 11.1 Å². The van der Waals surface area contributed by atoms with E-state index in [0.717, 1.165) is 11.1 Å². The van der Waals surface area contributed by atoms with Crippen molar-refractivity contribution in [3.05, 3.63) is 41.6 Å². The molecular weight excluding hydrogens is 244 g/mol. The van der Waals surface area contributed by atoms with Crippen LogP contribution < -0.4 is 11.1 Å². The first-order valence-corrected chi connectivity index (χ1v) is 5.89. The second-order valence-corrected chi connectivity index (χ2v) is 4.28. The van der Waals surface area contributed by atoms with Gasteiger partial charge in [0.25, 0.3) is 0 Å². The van der Waals surface area contributed by atoms with Gasteiger partial charge in [0.05, 0.1) is 6.42 Å². The molecule has 2 aromatic rings. The quantitative estimate of drug-likeness (QED) is 0.756. The molecule has 0 fully saturated rings. The Morgan fingerprint density at radius 2 is 2.32 bits per heavy atom. The van der Waals surface area contributed by atoms with Gasteiger partial charge in [0.1, 0.15) is 5.75 Å². The van der Waals surface area contributed by atoms with E-state index in [-0.39, 0.29) is 18.1 Å². The van der Waals surface area contributed by atoms with Gasteiger partial charge in [0.15, 0.2) is 5.82 Å². The molecular formula is C13H16N4O2. The lowest BCUT2D eigenvalue weighted by Crippen LogP contribution is -2.16. The van der Waals surface area contributed by atoms with Crippen LogP contribution in [0.3, 0.4) is 0 Å². The Morgan fingerprint density at radius 3 is 3.00 bits per heavy atom. The molecule has 19 heavy (non-hydrogen) atoms. The van der Waals surface area contributed by atoms with Gasteiger partial charge in [-0.3, -0.25) is 9.48 Å². The first kappa shape index (κ1) is 13.1. The second kappa shape index (κ2) is 5.53. The highest BCUT2D eigenvalue weighted by Gasteiger charge is 2.10. The van der Waals surface area contributed by atoms with Crippen LogP contribution in [0.4, 0.5) is 5.82 Å². The average molecular weight is 260 g/mol. The number of aryl methyl sites for hydroxylation is 1. The van der Waals surface area contributed by atoms with Gasteiger partial charge in [-0.15, -0.1) is 0 Å². The lowest BCUT2D eigenvalue weighted by atomic mass is 10.1. The smallest absolute Gasteiger partial charge is 0.230 e. The van der Waals surface area contributed by atoms with Gasteiger partial charge in [0, 0.05) is 25.4 Å². The molecule has 1 aromatic carbocycles. The predicted molar refractivity (Wildman–Crippen MR) is 71.5 cm³/mol. The zero-order valence-corrected chi connectivity index (χ0v) is 10.6. The molecule has 2 rings (SSSR count). The fourth-order valence-electron chi connectivity index (χ4n) is 1.82. The highest BCUT2D eigenvalue weighted by Crippen LogP contribution is 2.14. The SMILES string of the molecule is Cn1cc(CN)c(NC(=O)Cc2cccc(O)c2)n1. The Labute approximate surface area is 110 Å². The van der Waals surface area contributed by atoms with Crippen molar-refractivity contribution >= 4 is 11.7 Å². The second-order valence-electron chi connectivity index (χ2n) is 4.28. The van der Waals surface area contributed by atoms with Crippen LogP contribution in [0.5, 0.6) is 5.75 Å². The van der Waals surface area contributed by atoms with Crippen molar-refractivity contribution in [1.29, 1.82) is 0 Å². The lowest BCUT2D eigenvalue weighted by Gasteiger charge is -2.04. The van der Waals surface area contributed by atoms with Crippen molar-refractivity contribution in [3.63, 3.8) is 0 Å². The summed E-state index contributed by atoms with van der Waals surface area (Å²) in [6, 6.07) is 6.60. The number of aromatic hydroxyl groups is 1. The summed E-state index contributed by atoms with van der Waals surface area (Å²) >= 11 is 0. The number of carbonyl (C=O) groups excluding carboxylic acids is 1. The fraction of sp³-hybridized carbons (Fsp3) is 0.231. The largest absolute Gasteiger partial charge is 0.508 e. The number of hydrogen-bond acceptors (Lipinski definition) is 4. The topological polar surface area (TPSA) is 93.2 Å². The predicted octanol–water partition coefficient (Wildman–Crippen LogP) is 0.766. The van der Waals surface area contributed by atoms with Gasteiger partial charge in [-0.1, -0.05) is 12.1 Å². The third-order valence-corrected chi connectivity index (χ3v) is 2.66. The van der Waals surface area contributed by atoms with Gasteiger partial charge in [-0.2, -0.15) is 5.10 Å². The molecule has 0 saturated carbocycles. The van der Waals surface area contributed by atoms with Gasteiger partial charge in [0.2, 0.25) is 5.91 Å². The lowest BCUT2D eigenvalue weighted by molar-refractivity contribution is -0.115. The van der Waals surface area contributed by atoms with E-state index in [2.05, 4.69) is 10.4 Å². The van der Waals surface area contributed by atoms with E-state index in [4.69, 9.17) is 5.73 Å². The maximum atomic E-state index is 11.9. The molecule has 6 nitrogen and oxygen atoms in total. The number of nitrogens with zero attached hydrogens (tertiary/aromatic N) is 2. The fourth-order valence-corrected chi connectivity index (χ4v) is 1.82. The Balaban J connectivity index is 2.05. The number of phenolic OH excluding ortho intramolecular Hbond substituents is 1. The van der Waals surface area contributed by atoms with Gasteiger partial charge in [-0.25, -0.2) is 0 Å². The summed E-state index contributed by atoms with van der Waals surface area (Å²) in [5, 5.41) is 16.2. The van der Waals surface area contributed by atoms with Crippen LogP contribution in [-0.4, -0.2) is 20.8 Å². The molecule has 0 radical (unpaired) electrons. The van der Waals surface area contributed by atoms with Crippen molar-refractivity contribution in [2.75, 3.05) is 5.32 Å². The molecule has 1 heterocycles. The number of rotatable bonds is 4. The van der Waals surface area contributed by atoms with E-state index in [0.29, 0.717) is 12.4 Å². The van der Waals surface area contributed by atoms with Crippen molar-refractivity contribution in [1.82, 2.24) is 9.78 Å². The number of amides is 1. The monoisotopic (exact) mass is 260 g/mol. The average Bonchev–Trinajstić information content (AvgIpc) is 2.69. The zero-order chi connectivity index (χ0) is 13.8. The summed E-state index contributed by atoms with van der Waals surface area (Å²) in [6.45, 7) is 0.315. The molecule has 0 spiro atoms. The number of aromatic nitrogens is 2. The number of hydrogen-bond donors (Lipinski definition) is 3. The van der Waals surface area contributed by atoms with Crippen LogP contribution in [0.15, 0.2) is 30.5 Å². The molecule has 0 atom stereocenters. The van der Waals surface area contributed by atoms with E-state index >= 15 is 0 Å². The molecule has 0 saturated heterocycles. The van der Waals surface area contributed by atoms with Crippen molar-refractivity contribution in [3.8, 4) is 5.75 Å². The Morgan fingerprint density at radius 1 is 1.53 bits per heavy atom. The van der Waals surface area contributed by atoms with E-state index in [1.807, 2.05) is 0 Å². The van der Waals surface area contributed by atoms with Gasteiger partial charge >= 0.3 is 0 Å². The van der Waals surface area contributed by atoms with Crippen LogP contribution in [0.2, 0.25) is 0 Å². The maximum Gasteiger partial charge on any atom is 0.230 e. The van der Waals surface area contributed by atoms with Crippen molar-refractivity contribution in [2.24, 2.45) is 12.8 Å².